The number of carbonyl (C=O) groups is 1. The number of furan rings is 1. The van der Waals surface area contributed by atoms with Gasteiger partial charge >= 0.3 is 6.03 Å². The van der Waals surface area contributed by atoms with Gasteiger partial charge in [-0.05, 0) is 50.7 Å². The summed E-state index contributed by atoms with van der Waals surface area (Å²) in [6.07, 6.45) is 6.35. The summed E-state index contributed by atoms with van der Waals surface area (Å²) in [5.41, 5.74) is 0. The average Bonchev–Trinajstić information content (AvgIpc) is 3.13. The minimum Gasteiger partial charge on any atom is -0.467 e. The van der Waals surface area contributed by atoms with E-state index in [2.05, 4.69) is 10.6 Å². The van der Waals surface area contributed by atoms with E-state index in [1.165, 1.54) is 12.8 Å². The molecule has 3 atom stereocenters. The lowest BCUT2D eigenvalue weighted by Gasteiger charge is -2.30. The quantitative estimate of drug-likeness (QED) is 0.889. The Kier molecular flexibility index (Phi) is 3.96. The highest BCUT2D eigenvalue weighted by molar-refractivity contribution is 5.74. The molecule has 5 nitrogen and oxygen atoms in total. The van der Waals surface area contributed by atoms with E-state index in [9.17, 15) is 4.79 Å². The maximum absolute atomic E-state index is 12.0. The number of ether oxygens (including phenoxy) is 1. The molecule has 0 aromatic carbocycles. The number of carbonyl (C=O) groups excluding carboxylic acids is 1. The van der Waals surface area contributed by atoms with Crippen molar-refractivity contribution in [1.82, 2.24) is 10.6 Å². The first-order valence-corrected chi connectivity index (χ1v) is 7.44. The van der Waals surface area contributed by atoms with E-state index in [-0.39, 0.29) is 18.1 Å². The van der Waals surface area contributed by atoms with Gasteiger partial charge in [-0.25, -0.2) is 4.79 Å². The first-order chi connectivity index (χ1) is 9.72. The topological polar surface area (TPSA) is 63.5 Å². The molecule has 1 aromatic rings. The summed E-state index contributed by atoms with van der Waals surface area (Å²) in [6, 6.07) is 3.66. The van der Waals surface area contributed by atoms with Gasteiger partial charge in [-0.15, -0.1) is 0 Å². The fourth-order valence-corrected chi connectivity index (χ4v) is 2.79. The molecule has 2 heterocycles. The van der Waals surface area contributed by atoms with E-state index in [0.29, 0.717) is 6.10 Å². The number of rotatable bonds is 4. The summed E-state index contributed by atoms with van der Waals surface area (Å²) < 4.78 is 11.0. The lowest BCUT2D eigenvalue weighted by molar-refractivity contribution is -0.00918. The fraction of sp³-hybridized carbons (Fsp3) is 0.667. The van der Waals surface area contributed by atoms with Crippen LogP contribution in [0.4, 0.5) is 4.79 Å². The van der Waals surface area contributed by atoms with Crippen LogP contribution >= 0.6 is 0 Å². The first kappa shape index (κ1) is 13.5. The molecule has 1 saturated carbocycles. The molecule has 0 spiro atoms. The van der Waals surface area contributed by atoms with Crippen LogP contribution in [0.3, 0.4) is 0 Å². The van der Waals surface area contributed by atoms with Gasteiger partial charge in [-0.1, -0.05) is 0 Å². The summed E-state index contributed by atoms with van der Waals surface area (Å²) in [5, 5.41) is 5.96. The second-order valence-corrected chi connectivity index (χ2v) is 5.82. The Bertz CT molecular complexity index is 442. The summed E-state index contributed by atoms with van der Waals surface area (Å²) >= 11 is 0. The predicted molar refractivity (Wildman–Crippen MR) is 74.3 cm³/mol. The number of hydrogen-bond acceptors (Lipinski definition) is 3. The van der Waals surface area contributed by atoms with Gasteiger partial charge in [-0.2, -0.15) is 0 Å². The molecular weight excluding hydrogens is 256 g/mol. The van der Waals surface area contributed by atoms with E-state index in [1.54, 1.807) is 6.26 Å². The zero-order valence-corrected chi connectivity index (χ0v) is 11.8. The minimum atomic E-state index is -0.129. The maximum atomic E-state index is 12.0. The molecule has 2 amide bonds. The molecule has 110 valence electrons. The van der Waals surface area contributed by atoms with Crippen molar-refractivity contribution in [3.8, 4) is 0 Å². The lowest BCUT2D eigenvalue weighted by atomic mass is 10.0. The van der Waals surface area contributed by atoms with Crippen molar-refractivity contribution in [1.29, 1.82) is 0 Å². The van der Waals surface area contributed by atoms with Crippen LogP contribution in [-0.2, 0) is 4.74 Å². The van der Waals surface area contributed by atoms with E-state index >= 15 is 0 Å². The van der Waals surface area contributed by atoms with Crippen molar-refractivity contribution >= 4 is 6.03 Å². The second-order valence-electron chi connectivity index (χ2n) is 5.82. The Labute approximate surface area is 119 Å². The smallest absolute Gasteiger partial charge is 0.315 e. The van der Waals surface area contributed by atoms with Gasteiger partial charge in [-0.3, -0.25) is 0 Å². The molecule has 2 N–H and O–H groups in total. The molecule has 1 aliphatic heterocycles. The third-order valence-corrected chi connectivity index (χ3v) is 4.12. The predicted octanol–water partition coefficient (Wildman–Crippen LogP) is 2.60. The molecule has 2 aliphatic rings. The molecule has 0 radical (unpaired) electrons. The standard InChI is InChI=1S/C15H22N2O3/c1-10(13-3-2-7-19-13)16-15(18)17-12-6-8-20-14(9-12)11-4-5-11/h2-3,7,10-12,14H,4-6,8-9H2,1H3,(H2,16,17,18)/t10-,12-,14-/m0/s1. The van der Waals surface area contributed by atoms with Crippen LogP contribution in [-0.4, -0.2) is 24.8 Å². The third kappa shape index (κ3) is 3.33. The van der Waals surface area contributed by atoms with Crippen LogP contribution in [0, 0.1) is 5.92 Å². The number of amides is 2. The number of urea groups is 1. The van der Waals surface area contributed by atoms with E-state index in [0.717, 1.165) is 31.1 Å². The van der Waals surface area contributed by atoms with Gasteiger partial charge < -0.3 is 19.8 Å². The lowest BCUT2D eigenvalue weighted by Crippen LogP contribution is -2.47. The molecule has 1 aliphatic carbocycles. The minimum absolute atomic E-state index is 0.121. The highest BCUT2D eigenvalue weighted by atomic mass is 16.5. The van der Waals surface area contributed by atoms with E-state index < -0.39 is 0 Å². The average molecular weight is 278 g/mol. The zero-order valence-electron chi connectivity index (χ0n) is 11.8. The molecule has 1 aromatic heterocycles. The van der Waals surface area contributed by atoms with Crippen LogP contribution in [0.1, 0.15) is 44.4 Å². The van der Waals surface area contributed by atoms with Crippen molar-refractivity contribution < 1.29 is 13.9 Å². The van der Waals surface area contributed by atoms with E-state index in [1.807, 2.05) is 19.1 Å². The van der Waals surface area contributed by atoms with Crippen molar-refractivity contribution in [2.24, 2.45) is 5.92 Å². The number of nitrogens with one attached hydrogen (secondary N) is 2. The Morgan fingerprint density at radius 3 is 2.95 bits per heavy atom. The van der Waals surface area contributed by atoms with Crippen LogP contribution in [0.25, 0.3) is 0 Å². The van der Waals surface area contributed by atoms with Crippen LogP contribution in [0.5, 0.6) is 0 Å². The Morgan fingerprint density at radius 2 is 2.25 bits per heavy atom. The van der Waals surface area contributed by atoms with Crippen LogP contribution in [0.15, 0.2) is 22.8 Å². The zero-order chi connectivity index (χ0) is 13.9. The third-order valence-electron chi connectivity index (χ3n) is 4.12. The second kappa shape index (κ2) is 5.87. The number of hydrogen-bond donors (Lipinski definition) is 2. The molecule has 5 heteroatoms. The van der Waals surface area contributed by atoms with Crippen molar-refractivity contribution in [2.45, 2.75) is 50.8 Å². The maximum Gasteiger partial charge on any atom is 0.315 e. The van der Waals surface area contributed by atoms with Gasteiger partial charge in [0.25, 0.3) is 0 Å². The van der Waals surface area contributed by atoms with Gasteiger partial charge in [0.2, 0.25) is 0 Å². The van der Waals surface area contributed by atoms with Gasteiger partial charge in [0.1, 0.15) is 5.76 Å². The van der Waals surface area contributed by atoms with Crippen LogP contribution in [0.2, 0.25) is 0 Å². The highest BCUT2D eigenvalue weighted by Gasteiger charge is 2.36. The fourth-order valence-electron chi connectivity index (χ4n) is 2.79. The van der Waals surface area contributed by atoms with E-state index in [4.69, 9.17) is 9.15 Å². The summed E-state index contributed by atoms with van der Waals surface area (Å²) in [7, 11) is 0. The Morgan fingerprint density at radius 1 is 1.40 bits per heavy atom. The summed E-state index contributed by atoms with van der Waals surface area (Å²) in [5.74, 6) is 1.49. The first-order valence-electron chi connectivity index (χ1n) is 7.44. The SMILES string of the molecule is C[C@H](NC(=O)N[C@H]1CCO[C@H](C2CC2)C1)c1ccco1. The molecule has 20 heavy (non-hydrogen) atoms. The molecule has 0 unspecified atom stereocenters. The van der Waals surface area contributed by atoms with Crippen LogP contribution < -0.4 is 10.6 Å². The monoisotopic (exact) mass is 278 g/mol. The normalized spacial score (nSPS) is 27.9. The molecular formula is C15H22N2O3. The van der Waals surface area contributed by atoms with Crippen molar-refractivity contribution in [3.63, 3.8) is 0 Å². The molecule has 1 saturated heterocycles. The van der Waals surface area contributed by atoms with Crippen molar-refractivity contribution in [3.05, 3.63) is 24.2 Å². The summed E-state index contributed by atoms with van der Waals surface area (Å²) in [4.78, 5) is 12.0. The van der Waals surface area contributed by atoms with Gasteiger partial charge in [0.05, 0.1) is 18.4 Å². The Hall–Kier alpha value is -1.49. The summed E-state index contributed by atoms with van der Waals surface area (Å²) in [6.45, 7) is 2.66. The molecule has 0 bridgehead atoms. The van der Waals surface area contributed by atoms with Crippen molar-refractivity contribution in [2.75, 3.05) is 6.61 Å². The highest BCUT2D eigenvalue weighted by Crippen LogP contribution is 2.38. The van der Waals surface area contributed by atoms with Gasteiger partial charge in [0, 0.05) is 12.6 Å². The molecule has 3 rings (SSSR count). The Balaban J connectivity index is 1.46. The largest absolute Gasteiger partial charge is 0.467 e. The molecule has 2 fully saturated rings. The van der Waals surface area contributed by atoms with Gasteiger partial charge in [0.15, 0.2) is 0 Å².